The average molecular weight is 210 g/mol. The van der Waals surface area contributed by atoms with E-state index >= 15 is 0 Å². The minimum Gasteiger partial charge on any atom is -0.364 e. The molecule has 0 bridgehead atoms. The lowest BCUT2D eigenvalue weighted by Gasteiger charge is -2.08. The van der Waals surface area contributed by atoms with Gasteiger partial charge in [-0.3, -0.25) is 0 Å². The van der Waals surface area contributed by atoms with Gasteiger partial charge in [-0.1, -0.05) is 8.80 Å². The maximum atomic E-state index is 5.73. The third-order valence-electron chi connectivity index (χ3n) is 1.18. The van der Waals surface area contributed by atoms with E-state index in [4.69, 9.17) is 11.8 Å². The topological polar surface area (TPSA) is 48.5 Å². The van der Waals surface area contributed by atoms with Crippen LogP contribution >= 0.6 is 22.4 Å². The first-order valence-electron chi connectivity index (χ1n) is 3.70. The molecule has 1 aromatic heterocycles. The van der Waals surface area contributed by atoms with Crippen LogP contribution in [0.15, 0.2) is 5.38 Å². The van der Waals surface area contributed by atoms with E-state index in [1.54, 1.807) is 0 Å². The highest BCUT2D eigenvalue weighted by Crippen LogP contribution is 2.12. The number of halogens is 1. The van der Waals surface area contributed by atoms with Crippen LogP contribution < -0.4 is 5.32 Å². The van der Waals surface area contributed by atoms with Gasteiger partial charge in [0.05, 0.1) is 22.4 Å². The van der Waals surface area contributed by atoms with E-state index in [2.05, 4.69) is 40.4 Å². The van der Waals surface area contributed by atoms with Crippen LogP contribution in [-0.2, 0) is 6.26 Å². The Hall–Kier alpha value is -0.550. The van der Waals surface area contributed by atoms with Gasteiger partial charge in [0.2, 0.25) is 5.38 Å². The van der Waals surface area contributed by atoms with Gasteiger partial charge in [0, 0.05) is 6.04 Å². The number of aromatic amines is 2. The Morgan fingerprint density at radius 2 is 2.33 bits per heavy atom. The van der Waals surface area contributed by atoms with E-state index in [0.29, 0.717) is 6.04 Å². The minimum absolute atomic E-state index is 0.00985. The second kappa shape index (κ2) is 3.91. The molecule has 0 amide bonds. The van der Waals surface area contributed by atoms with E-state index in [9.17, 15) is 0 Å². The highest BCUT2D eigenvalue weighted by molar-refractivity contribution is 7.22. The monoisotopic (exact) mass is 209 g/mol. The van der Waals surface area contributed by atoms with Gasteiger partial charge in [-0.15, -0.1) is 0 Å². The third-order valence-corrected chi connectivity index (χ3v) is 2.51. The molecule has 0 fully saturated rings. The Balaban J connectivity index is 2.85. The molecule has 0 saturated heterocycles. The van der Waals surface area contributed by atoms with Gasteiger partial charge in [0.25, 0.3) is 0 Å². The number of aryl methyl sites for hydroxylation is 1. The summed E-state index contributed by atoms with van der Waals surface area (Å²) in [5, 5.41) is 8.22. The number of hydrogen-bond acceptors (Lipinski definition) is 1. The molecule has 3 N–H and O–H groups in total. The first-order chi connectivity index (χ1) is 5.58. The van der Waals surface area contributed by atoms with Crippen LogP contribution in [0, 0.1) is 0 Å². The molecule has 12 heavy (non-hydrogen) atoms. The molecule has 0 aliphatic heterocycles. The maximum absolute atomic E-state index is 5.73. The quantitative estimate of drug-likeness (QED) is 0.644. The molecule has 1 atom stereocenters. The SMILES string of the molecule is CC(C)Nc1c[s+](C)[nH]n(Cl)[nH]1. The van der Waals surface area contributed by atoms with Crippen molar-refractivity contribution < 1.29 is 0 Å². The van der Waals surface area contributed by atoms with Crippen LogP contribution in [0.1, 0.15) is 13.8 Å². The number of nitrogens with zero attached hydrogens (tertiary/aromatic N) is 1. The van der Waals surface area contributed by atoms with Crippen LogP contribution in [-0.4, -0.2) is 19.9 Å². The second-order valence-corrected chi connectivity index (χ2v) is 4.74. The zero-order valence-corrected chi connectivity index (χ0v) is 8.96. The second-order valence-electron chi connectivity index (χ2n) is 2.87. The van der Waals surface area contributed by atoms with Gasteiger partial charge < -0.3 is 5.32 Å². The molecule has 0 saturated carbocycles. The van der Waals surface area contributed by atoms with Crippen molar-refractivity contribution in [2.45, 2.75) is 19.9 Å². The molecule has 4 nitrogen and oxygen atoms in total. The standard InChI is InChI=1S/C6H14ClN4S/c1-5(2)8-6-4-12(3)10-11(7)9-6/h4-5,8-10H,1-3H3/q+1. The first-order valence-corrected chi connectivity index (χ1v) is 5.73. The van der Waals surface area contributed by atoms with Crippen LogP contribution in [0.2, 0.25) is 0 Å². The van der Waals surface area contributed by atoms with Gasteiger partial charge in [-0.05, 0) is 13.8 Å². The van der Waals surface area contributed by atoms with Gasteiger partial charge in [0.15, 0.2) is 5.82 Å². The molecule has 0 aliphatic rings. The zero-order chi connectivity index (χ0) is 9.14. The predicted octanol–water partition coefficient (Wildman–Crippen LogP) is 2.38. The summed E-state index contributed by atoms with van der Waals surface area (Å²) in [4.78, 5) is 0. The van der Waals surface area contributed by atoms with Crippen molar-refractivity contribution in [3.63, 3.8) is 0 Å². The first kappa shape index (κ1) is 9.54. The Labute approximate surface area is 79.4 Å². The molecule has 6 heteroatoms. The van der Waals surface area contributed by atoms with Crippen molar-refractivity contribution in [1.29, 1.82) is 0 Å². The van der Waals surface area contributed by atoms with Crippen molar-refractivity contribution >= 4 is 28.3 Å². The van der Waals surface area contributed by atoms with Crippen molar-refractivity contribution in [3.05, 3.63) is 5.38 Å². The molecule has 1 rings (SSSR count). The minimum atomic E-state index is -0.00985. The Bertz CT molecular complexity index is 258. The third kappa shape index (κ3) is 2.83. The predicted molar refractivity (Wildman–Crippen MR) is 54.2 cm³/mol. The number of aromatic nitrogens is 3. The molecule has 1 heterocycles. The number of anilines is 1. The number of hydrogen-bond donors (Lipinski definition) is 3. The molecule has 0 aromatic carbocycles. The summed E-state index contributed by atoms with van der Waals surface area (Å²) in [5.41, 5.74) is 0. The highest BCUT2D eigenvalue weighted by atomic mass is 35.5. The van der Waals surface area contributed by atoms with Crippen LogP contribution in [0.3, 0.4) is 0 Å². The maximum Gasteiger partial charge on any atom is 0.202 e. The zero-order valence-electron chi connectivity index (χ0n) is 7.39. The summed E-state index contributed by atoms with van der Waals surface area (Å²) < 4.78 is 4.32. The fourth-order valence-electron chi connectivity index (χ4n) is 0.862. The van der Waals surface area contributed by atoms with E-state index in [1.165, 1.54) is 4.32 Å². The van der Waals surface area contributed by atoms with Crippen LogP contribution in [0.4, 0.5) is 5.82 Å². The fourth-order valence-corrected chi connectivity index (χ4v) is 2.10. The van der Waals surface area contributed by atoms with Gasteiger partial charge >= 0.3 is 0 Å². The largest absolute Gasteiger partial charge is 0.364 e. The summed E-state index contributed by atoms with van der Waals surface area (Å²) in [5.74, 6) is 0.949. The lowest BCUT2D eigenvalue weighted by atomic mass is 10.4. The summed E-state index contributed by atoms with van der Waals surface area (Å²) in [6, 6.07) is 0.406. The Morgan fingerprint density at radius 3 is 2.83 bits per heavy atom. The highest BCUT2D eigenvalue weighted by Gasteiger charge is 2.02. The Morgan fingerprint density at radius 1 is 1.67 bits per heavy atom. The molecule has 1 aromatic rings. The average Bonchev–Trinajstić information content (AvgIpc) is 1.81. The number of H-pyrrole nitrogens is 2. The van der Waals surface area contributed by atoms with E-state index in [0.717, 1.165) is 5.82 Å². The normalized spacial score (nSPS) is 11.9. The van der Waals surface area contributed by atoms with Crippen molar-refractivity contribution in [3.8, 4) is 0 Å². The number of nitrogens with one attached hydrogen (secondary N) is 3. The van der Waals surface area contributed by atoms with Gasteiger partial charge in [0.1, 0.15) is 6.26 Å². The lowest BCUT2D eigenvalue weighted by Crippen LogP contribution is -2.12. The summed E-state index contributed by atoms with van der Waals surface area (Å²) in [6.45, 7) is 4.16. The molecular formula is C6H14ClN4S+. The fraction of sp³-hybridized carbons (Fsp3) is 0.667. The number of rotatable bonds is 2. The van der Waals surface area contributed by atoms with Crippen molar-refractivity contribution in [2.24, 2.45) is 6.26 Å². The molecular weight excluding hydrogens is 196 g/mol. The summed E-state index contributed by atoms with van der Waals surface area (Å²) in [7, 11) is -0.00985. The molecule has 0 aliphatic carbocycles. The molecule has 70 valence electrons. The summed E-state index contributed by atoms with van der Waals surface area (Å²) in [6.07, 6.45) is 2.05. The van der Waals surface area contributed by atoms with Gasteiger partial charge in [-0.2, -0.15) is 0 Å². The van der Waals surface area contributed by atoms with E-state index in [1.807, 2.05) is 0 Å². The summed E-state index contributed by atoms with van der Waals surface area (Å²) >= 11 is 5.73. The molecule has 0 radical (unpaired) electrons. The smallest absolute Gasteiger partial charge is 0.202 e. The van der Waals surface area contributed by atoms with Crippen LogP contribution in [0.25, 0.3) is 0 Å². The molecule has 0 spiro atoms. The van der Waals surface area contributed by atoms with Crippen molar-refractivity contribution in [1.82, 2.24) is 13.9 Å². The lowest BCUT2D eigenvalue weighted by molar-refractivity contribution is 0.808. The Kier molecular flexibility index (Phi) is 3.11. The molecule has 1 unspecified atom stereocenters. The van der Waals surface area contributed by atoms with E-state index in [-0.39, 0.29) is 10.7 Å². The van der Waals surface area contributed by atoms with Gasteiger partial charge in [-0.25, -0.2) is 5.10 Å². The van der Waals surface area contributed by atoms with Crippen LogP contribution in [0.5, 0.6) is 0 Å². The van der Waals surface area contributed by atoms with Crippen molar-refractivity contribution in [2.75, 3.05) is 5.32 Å². The van der Waals surface area contributed by atoms with E-state index < -0.39 is 0 Å².